The number of anilines is 2. The van der Waals surface area contributed by atoms with Gasteiger partial charge >= 0.3 is 0 Å². The average molecular weight is 447 g/mol. The lowest BCUT2D eigenvalue weighted by Gasteiger charge is -2.33. The van der Waals surface area contributed by atoms with E-state index in [4.69, 9.17) is 10.5 Å². The van der Waals surface area contributed by atoms with Gasteiger partial charge in [0.05, 0.1) is 12.3 Å². The molecule has 1 aliphatic heterocycles. The summed E-state index contributed by atoms with van der Waals surface area (Å²) < 4.78 is 30.6. The predicted octanol–water partition coefficient (Wildman–Crippen LogP) is 3.63. The van der Waals surface area contributed by atoms with Crippen molar-refractivity contribution < 1.29 is 18.3 Å². The van der Waals surface area contributed by atoms with Crippen LogP contribution in [0.2, 0.25) is 0 Å². The molecule has 0 bridgehead atoms. The normalized spacial score (nSPS) is 15.8. The van der Waals surface area contributed by atoms with Crippen molar-refractivity contribution in [3.63, 3.8) is 0 Å². The smallest absolute Gasteiger partial charge is 0.245 e. The van der Waals surface area contributed by atoms with E-state index in [0.717, 1.165) is 16.9 Å². The minimum absolute atomic E-state index is 0. The van der Waals surface area contributed by atoms with Crippen molar-refractivity contribution in [1.82, 2.24) is 4.98 Å². The number of alkyl halides is 2. The molecule has 0 radical (unpaired) electrons. The summed E-state index contributed by atoms with van der Waals surface area (Å²) >= 11 is 1.32. The van der Waals surface area contributed by atoms with Crippen LogP contribution in [0, 0.1) is 5.92 Å². The molecular weight excluding hydrogens is 422 g/mol. The number of nitrogens with two attached hydrogens (primary N) is 1. The molecule has 3 rings (SSSR count). The molecule has 1 aliphatic rings. The molecule has 10 heteroatoms. The molecule has 0 spiro atoms. The van der Waals surface area contributed by atoms with E-state index in [1.807, 2.05) is 29.6 Å². The zero-order valence-corrected chi connectivity index (χ0v) is 17.6. The number of aromatic nitrogens is 1. The van der Waals surface area contributed by atoms with Gasteiger partial charge in [0, 0.05) is 42.7 Å². The monoisotopic (exact) mass is 446 g/mol. The summed E-state index contributed by atoms with van der Waals surface area (Å²) in [5, 5.41) is 5.02. The second kappa shape index (κ2) is 10.8. The SMILES string of the molecule is COCC(N)C(=O)Nc1nc(-c2cccc(N3CCC(C(F)F)CC3)c2)cs1.Cl. The van der Waals surface area contributed by atoms with E-state index >= 15 is 0 Å². The second-order valence-corrected chi connectivity index (χ2v) is 7.66. The lowest BCUT2D eigenvalue weighted by Crippen LogP contribution is -2.39. The van der Waals surface area contributed by atoms with E-state index in [1.54, 1.807) is 0 Å². The molecule has 2 aromatic rings. The first kappa shape index (κ1) is 23.5. The van der Waals surface area contributed by atoms with Gasteiger partial charge < -0.3 is 20.7 Å². The Balaban J connectivity index is 0.00000300. The number of amides is 1. The summed E-state index contributed by atoms with van der Waals surface area (Å²) in [5.41, 5.74) is 8.35. The first-order valence-corrected chi connectivity index (χ1v) is 10.0. The first-order chi connectivity index (χ1) is 13.5. The Kier molecular flexibility index (Phi) is 8.76. The van der Waals surface area contributed by atoms with Gasteiger partial charge in [-0.3, -0.25) is 4.79 Å². The van der Waals surface area contributed by atoms with Crippen LogP contribution in [0.3, 0.4) is 0 Å². The summed E-state index contributed by atoms with van der Waals surface area (Å²) in [6, 6.07) is 7.09. The molecule has 1 atom stereocenters. The number of nitrogens with one attached hydrogen (secondary N) is 1. The van der Waals surface area contributed by atoms with Crippen LogP contribution in [0.25, 0.3) is 11.3 Å². The first-order valence-electron chi connectivity index (χ1n) is 9.12. The maximum absolute atomic E-state index is 12.9. The maximum Gasteiger partial charge on any atom is 0.245 e. The molecule has 0 saturated carbocycles. The van der Waals surface area contributed by atoms with E-state index < -0.39 is 18.4 Å². The fourth-order valence-corrected chi connectivity index (χ4v) is 3.91. The highest BCUT2D eigenvalue weighted by molar-refractivity contribution is 7.14. The molecule has 29 heavy (non-hydrogen) atoms. The number of thiazole rings is 1. The van der Waals surface area contributed by atoms with Crippen molar-refractivity contribution in [3.05, 3.63) is 29.6 Å². The summed E-state index contributed by atoms with van der Waals surface area (Å²) in [6.07, 6.45) is -1.25. The van der Waals surface area contributed by atoms with Crippen molar-refractivity contribution in [2.24, 2.45) is 11.7 Å². The van der Waals surface area contributed by atoms with Crippen LogP contribution in [0.15, 0.2) is 29.6 Å². The van der Waals surface area contributed by atoms with E-state index in [2.05, 4.69) is 15.2 Å². The number of benzene rings is 1. The van der Waals surface area contributed by atoms with E-state index in [1.165, 1.54) is 18.4 Å². The number of nitrogens with zero attached hydrogens (tertiary/aromatic N) is 2. The molecule has 1 aromatic heterocycles. The molecule has 1 amide bonds. The Labute approximate surface area is 178 Å². The lowest BCUT2D eigenvalue weighted by atomic mass is 9.97. The minimum atomic E-state index is -2.24. The van der Waals surface area contributed by atoms with Gasteiger partial charge in [-0.25, -0.2) is 13.8 Å². The summed E-state index contributed by atoms with van der Waals surface area (Å²) in [6.45, 7) is 1.37. The van der Waals surface area contributed by atoms with Gasteiger partial charge in [-0.1, -0.05) is 12.1 Å². The Hall–Kier alpha value is -1.81. The van der Waals surface area contributed by atoms with Crippen LogP contribution in [0.5, 0.6) is 0 Å². The maximum atomic E-state index is 12.9. The molecular formula is C19H25ClF2N4O2S. The number of rotatable bonds is 7. The van der Waals surface area contributed by atoms with E-state index in [-0.39, 0.29) is 24.9 Å². The largest absolute Gasteiger partial charge is 0.383 e. The van der Waals surface area contributed by atoms with Gasteiger partial charge in [-0.2, -0.15) is 0 Å². The molecule has 3 N–H and O–H groups in total. The van der Waals surface area contributed by atoms with Crippen LogP contribution < -0.4 is 16.0 Å². The van der Waals surface area contributed by atoms with Crippen LogP contribution >= 0.6 is 23.7 Å². The number of halogens is 3. The number of piperidine rings is 1. The Bertz CT molecular complexity index is 800. The molecule has 1 saturated heterocycles. The van der Waals surface area contributed by atoms with Gasteiger partial charge in [-0.05, 0) is 25.0 Å². The zero-order chi connectivity index (χ0) is 20.1. The fourth-order valence-electron chi connectivity index (χ4n) is 3.19. The Morgan fingerprint density at radius 3 is 2.79 bits per heavy atom. The van der Waals surface area contributed by atoms with Crippen molar-refractivity contribution in [2.75, 3.05) is 37.0 Å². The van der Waals surface area contributed by atoms with E-state index in [9.17, 15) is 13.6 Å². The Morgan fingerprint density at radius 1 is 1.41 bits per heavy atom. The number of methoxy groups -OCH3 is 1. The predicted molar refractivity (Wildman–Crippen MR) is 114 cm³/mol. The number of hydrogen-bond acceptors (Lipinski definition) is 6. The summed E-state index contributed by atoms with van der Waals surface area (Å²) in [5.74, 6) is -0.855. The lowest BCUT2D eigenvalue weighted by molar-refractivity contribution is -0.118. The van der Waals surface area contributed by atoms with Crippen LogP contribution in [0.1, 0.15) is 12.8 Å². The fraction of sp³-hybridized carbons (Fsp3) is 0.474. The molecule has 0 aliphatic carbocycles. The van der Waals surface area contributed by atoms with Gasteiger partial charge in [0.15, 0.2) is 5.13 Å². The minimum Gasteiger partial charge on any atom is -0.383 e. The molecule has 1 aromatic carbocycles. The number of hydrogen-bond donors (Lipinski definition) is 2. The number of carbonyl (C=O) groups is 1. The zero-order valence-electron chi connectivity index (χ0n) is 16.0. The highest BCUT2D eigenvalue weighted by Crippen LogP contribution is 2.31. The van der Waals surface area contributed by atoms with E-state index in [0.29, 0.717) is 31.1 Å². The summed E-state index contributed by atoms with van der Waals surface area (Å²) in [7, 11) is 1.48. The number of ether oxygens (including phenoxy) is 1. The third-order valence-corrected chi connectivity index (χ3v) is 5.58. The van der Waals surface area contributed by atoms with Crippen molar-refractivity contribution in [3.8, 4) is 11.3 Å². The average Bonchev–Trinajstić information content (AvgIpc) is 3.17. The van der Waals surface area contributed by atoms with Gasteiger partial charge in [-0.15, -0.1) is 23.7 Å². The molecule has 160 valence electrons. The van der Waals surface area contributed by atoms with Crippen molar-refractivity contribution in [1.29, 1.82) is 0 Å². The van der Waals surface area contributed by atoms with Gasteiger partial charge in [0.2, 0.25) is 12.3 Å². The van der Waals surface area contributed by atoms with Crippen LogP contribution in [0.4, 0.5) is 19.6 Å². The highest BCUT2D eigenvalue weighted by atomic mass is 35.5. The third-order valence-electron chi connectivity index (χ3n) is 4.82. The second-order valence-electron chi connectivity index (χ2n) is 6.80. The standard InChI is InChI=1S/C19H24F2N4O2S.ClH/c1-27-10-15(22)18(26)24-19-23-16(11-28-19)13-3-2-4-14(9-13)25-7-5-12(6-8-25)17(20)21;/h2-4,9,11-12,15,17H,5-8,10,22H2,1H3,(H,23,24,26);1H. The molecule has 1 fully saturated rings. The third kappa shape index (κ3) is 6.08. The molecule has 1 unspecified atom stereocenters. The van der Waals surface area contributed by atoms with Crippen LogP contribution in [-0.2, 0) is 9.53 Å². The number of carbonyl (C=O) groups excluding carboxylic acids is 1. The Morgan fingerprint density at radius 2 is 2.14 bits per heavy atom. The quantitative estimate of drug-likeness (QED) is 0.678. The molecule has 2 heterocycles. The molecule has 6 nitrogen and oxygen atoms in total. The van der Waals surface area contributed by atoms with Gasteiger partial charge in [0.1, 0.15) is 6.04 Å². The van der Waals surface area contributed by atoms with Gasteiger partial charge in [0.25, 0.3) is 0 Å². The highest BCUT2D eigenvalue weighted by Gasteiger charge is 2.26. The van der Waals surface area contributed by atoms with Crippen molar-refractivity contribution in [2.45, 2.75) is 25.3 Å². The summed E-state index contributed by atoms with van der Waals surface area (Å²) in [4.78, 5) is 18.6. The van der Waals surface area contributed by atoms with Crippen molar-refractivity contribution >= 4 is 40.5 Å². The van der Waals surface area contributed by atoms with Crippen LogP contribution in [-0.4, -0.2) is 50.2 Å². The topological polar surface area (TPSA) is 80.5 Å².